The number of hydrazone groups is 1. The Morgan fingerprint density at radius 2 is 1.88 bits per heavy atom. The van der Waals surface area contributed by atoms with E-state index >= 15 is 0 Å². The molecule has 32 heavy (non-hydrogen) atoms. The number of hydrogen-bond acceptors (Lipinski definition) is 7. The fraction of sp³-hybridized carbons (Fsp3) is 0.174. The molecule has 0 unspecified atom stereocenters. The molecule has 1 amide bonds. The van der Waals surface area contributed by atoms with Crippen LogP contribution in [-0.4, -0.2) is 36.1 Å². The van der Waals surface area contributed by atoms with Crippen molar-refractivity contribution in [3.63, 3.8) is 0 Å². The normalized spacial score (nSPS) is 10.6. The summed E-state index contributed by atoms with van der Waals surface area (Å²) in [6.07, 6.45) is 1.43. The van der Waals surface area contributed by atoms with Crippen LogP contribution in [0, 0.1) is 25.2 Å². The smallest absolute Gasteiger partial charge is 0.292 e. The molecule has 0 bridgehead atoms. The highest BCUT2D eigenvalue weighted by molar-refractivity contribution is 5.94. The van der Waals surface area contributed by atoms with Gasteiger partial charge in [0, 0.05) is 5.56 Å². The number of ether oxygens (including phenoxy) is 2. The van der Waals surface area contributed by atoms with Crippen LogP contribution in [0.15, 0.2) is 52.4 Å². The third-order valence-corrected chi connectivity index (χ3v) is 4.79. The SMILES string of the molecule is COc1ccc(/C=N/NC(=O)c2nn(-c3ccccc3C)c(=O)c(C#N)c2C)cc1OC. The number of benzene rings is 2. The molecule has 1 aromatic heterocycles. The quantitative estimate of drug-likeness (QED) is 0.473. The van der Waals surface area contributed by atoms with Crippen LogP contribution in [0.5, 0.6) is 11.5 Å². The number of aromatic nitrogens is 2. The molecule has 0 saturated heterocycles. The van der Waals surface area contributed by atoms with Gasteiger partial charge in [-0.25, -0.2) is 5.43 Å². The second kappa shape index (κ2) is 9.57. The zero-order valence-corrected chi connectivity index (χ0v) is 18.0. The summed E-state index contributed by atoms with van der Waals surface area (Å²) in [6, 6.07) is 14.1. The monoisotopic (exact) mass is 431 g/mol. The third-order valence-electron chi connectivity index (χ3n) is 4.79. The minimum absolute atomic E-state index is 0.0751. The van der Waals surface area contributed by atoms with E-state index in [2.05, 4.69) is 15.6 Å². The van der Waals surface area contributed by atoms with Crippen LogP contribution >= 0.6 is 0 Å². The molecular formula is C23H21N5O4. The Hall–Kier alpha value is -4.45. The van der Waals surface area contributed by atoms with Gasteiger partial charge in [-0.3, -0.25) is 9.59 Å². The summed E-state index contributed by atoms with van der Waals surface area (Å²) in [5.74, 6) is 0.429. The van der Waals surface area contributed by atoms with E-state index in [0.717, 1.165) is 10.2 Å². The molecule has 3 aromatic rings. The predicted molar refractivity (Wildman–Crippen MR) is 119 cm³/mol. The van der Waals surface area contributed by atoms with Crippen LogP contribution in [0.3, 0.4) is 0 Å². The van der Waals surface area contributed by atoms with E-state index in [-0.39, 0.29) is 16.8 Å². The number of nitrogens with one attached hydrogen (secondary N) is 1. The van der Waals surface area contributed by atoms with Crippen LogP contribution in [0.25, 0.3) is 5.69 Å². The van der Waals surface area contributed by atoms with Crippen molar-refractivity contribution in [1.82, 2.24) is 15.2 Å². The van der Waals surface area contributed by atoms with Crippen LogP contribution in [-0.2, 0) is 0 Å². The number of amides is 1. The number of aryl methyl sites for hydroxylation is 1. The summed E-state index contributed by atoms with van der Waals surface area (Å²) in [5.41, 5.74) is 3.66. The molecule has 3 rings (SSSR count). The lowest BCUT2D eigenvalue weighted by Crippen LogP contribution is -2.31. The van der Waals surface area contributed by atoms with Crippen molar-refractivity contribution >= 4 is 12.1 Å². The highest BCUT2D eigenvalue weighted by Gasteiger charge is 2.20. The predicted octanol–water partition coefficient (Wildman–Crippen LogP) is 2.50. The molecule has 9 nitrogen and oxygen atoms in total. The van der Waals surface area contributed by atoms with Crippen molar-refractivity contribution in [2.45, 2.75) is 13.8 Å². The van der Waals surface area contributed by atoms with Crippen LogP contribution in [0.1, 0.15) is 32.7 Å². The average Bonchev–Trinajstić information content (AvgIpc) is 2.80. The molecule has 0 aliphatic carbocycles. The van der Waals surface area contributed by atoms with Crippen LogP contribution in [0.4, 0.5) is 0 Å². The van der Waals surface area contributed by atoms with Gasteiger partial charge >= 0.3 is 0 Å². The number of methoxy groups -OCH3 is 2. The van der Waals surface area contributed by atoms with Gasteiger partial charge in [0.1, 0.15) is 11.6 Å². The Morgan fingerprint density at radius 3 is 2.53 bits per heavy atom. The number of rotatable bonds is 6. The van der Waals surface area contributed by atoms with Crippen molar-refractivity contribution in [1.29, 1.82) is 5.26 Å². The number of nitriles is 1. The minimum atomic E-state index is -0.655. The molecule has 162 valence electrons. The first-order chi connectivity index (χ1) is 15.4. The van der Waals surface area contributed by atoms with Crippen molar-refractivity contribution in [2.24, 2.45) is 5.10 Å². The number of carbonyl (C=O) groups is 1. The second-order valence-corrected chi connectivity index (χ2v) is 6.78. The number of nitrogens with zero attached hydrogens (tertiary/aromatic N) is 4. The number of hydrogen-bond donors (Lipinski definition) is 1. The molecule has 1 heterocycles. The Morgan fingerprint density at radius 1 is 1.16 bits per heavy atom. The molecular weight excluding hydrogens is 410 g/mol. The van der Waals surface area contributed by atoms with Gasteiger partial charge in [-0.15, -0.1) is 0 Å². The zero-order chi connectivity index (χ0) is 23.3. The van der Waals surface area contributed by atoms with E-state index < -0.39 is 11.5 Å². The van der Waals surface area contributed by atoms with Crippen LogP contribution < -0.4 is 20.5 Å². The molecule has 1 N–H and O–H groups in total. The lowest BCUT2D eigenvalue weighted by atomic mass is 10.1. The Kier molecular flexibility index (Phi) is 6.65. The Bertz CT molecular complexity index is 1300. The molecule has 0 aliphatic rings. The number of carbonyl (C=O) groups excluding carboxylic acids is 1. The van der Waals surface area contributed by atoms with Crippen molar-refractivity contribution in [3.8, 4) is 23.3 Å². The highest BCUT2D eigenvalue weighted by atomic mass is 16.5. The van der Waals surface area contributed by atoms with Gasteiger partial charge in [-0.1, -0.05) is 18.2 Å². The first kappa shape index (κ1) is 22.2. The molecule has 9 heteroatoms. The maximum absolute atomic E-state index is 12.8. The Labute approximate surface area is 184 Å². The zero-order valence-electron chi connectivity index (χ0n) is 18.0. The van der Waals surface area contributed by atoms with Gasteiger partial charge in [-0.2, -0.15) is 20.1 Å². The molecule has 0 atom stereocenters. The van der Waals surface area contributed by atoms with Gasteiger partial charge in [0.05, 0.1) is 26.1 Å². The maximum Gasteiger partial charge on any atom is 0.292 e. The average molecular weight is 431 g/mol. The lowest BCUT2D eigenvalue weighted by Gasteiger charge is -2.12. The first-order valence-corrected chi connectivity index (χ1v) is 9.56. The van der Waals surface area contributed by atoms with Crippen molar-refractivity contribution < 1.29 is 14.3 Å². The fourth-order valence-corrected chi connectivity index (χ4v) is 3.07. The third kappa shape index (κ3) is 4.34. The fourth-order valence-electron chi connectivity index (χ4n) is 3.07. The molecule has 0 radical (unpaired) electrons. The summed E-state index contributed by atoms with van der Waals surface area (Å²) < 4.78 is 11.5. The molecule has 0 saturated carbocycles. The van der Waals surface area contributed by atoms with Gasteiger partial charge in [0.15, 0.2) is 17.2 Å². The molecule has 2 aromatic carbocycles. The summed E-state index contributed by atoms with van der Waals surface area (Å²) in [7, 11) is 3.05. The largest absolute Gasteiger partial charge is 0.493 e. The summed E-state index contributed by atoms with van der Waals surface area (Å²) in [4.78, 5) is 25.5. The summed E-state index contributed by atoms with van der Waals surface area (Å²) >= 11 is 0. The van der Waals surface area contributed by atoms with Crippen molar-refractivity contribution in [3.05, 3.63) is 80.8 Å². The van der Waals surface area contributed by atoms with E-state index in [4.69, 9.17) is 9.47 Å². The summed E-state index contributed by atoms with van der Waals surface area (Å²) in [5, 5.41) is 17.7. The lowest BCUT2D eigenvalue weighted by molar-refractivity contribution is 0.0947. The second-order valence-electron chi connectivity index (χ2n) is 6.78. The van der Waals surface area contributed by atoms with Gasteiger partial charge in [0.2, 0.25) is 0 Å². The molecule has 0 aliphatic heterocycles. The van der Waals surface area contributed by atoms with Gasteiger partial charge < -0.3 is 9.47 Å². The van der Waals surface area contributed by atoms with E-state index in [0.29, 0.717) is 22.7 Å². The topological polar surface area (TPSA) is 119 Å². The van der Waals surface area contributed by atoms with E-state index in [1.807, 2.05) is 25.1 Å². The van der Waals surface area contributed by atoms with Gasteiger partial charge in [-0.05, 0) is 49.2 Å². The van der Waals surface area contributed by atoms with Gasteiger partial charge in [0.25, 0.3) is 11.5 Å². The van der Waals surface area contributed by atoms with E-state index in [1.54, 1.807) is 30.3 Å². The maximum atomic E-state index is 12.8. The van der Waals surface area contributed by atoms with E-state index in [9.17, 15) is 14.9 Å². The Balaban J connectivity index is 1.94. The number of para-hydroxylation sites is 1. The standard InChI is InChI=1S/C23H21N5O4/c1-14-7-5-6-8-18(14)28-23(30)17(12-24)15(2)21(27-28)22(29)26-25-13-16-9-10-19(31-3)20(11-16)32-4/h5-11,13H,1-4H3,(H,26,29)/b25-13+. The minimum Gasteiger partial charge on any atom is -0.493 e. The molecule has 0 spiro atoms. The van der Waals surface area contributed by atoms with E-state index in [1.165, 1.54) is 27.4 Å². The molecule has 0 fully saturated rings. The van der Waals surface area contributed by atoms with Crippen LogP contribution in [0.2, 0.25) is 0 Å². The summed E-state index contributed by atoms with van der Waals surface area (Å²) in [6.45, 7) is 3.31. The highest BCUT2D eigenvalue weighted by Crippen LogP contribution is 2.26. The first-order valence-electron chi connectivity index (χ1n) is 9.56. The van der Waals surface area contributed by atoms with Crippen molar-refractivity contribution in [2.75, 3.05) is 14.2 Å².